The number of non-ortho nitro benzene ring substituents is 1. The summed E-state index contributed by atoms with van der Waals surface area (Å²) in [5, 5.41) is 13.6. The molecule has 0 radical (unpaired) electrons. The number of piperidine rings is 1. The van der Waals surface area contributed by atoms with Crippen molar-refractivity contribution in [2.45, 2.75) is 19.3 Å². The molecule has 0 aromatic heterocycles. The van der Waals surface area contributed by atoms with E-state index in [-0.39, 0.29) is 11.6 Å². The molecular weight excluding hydrogens is 306 g/mol. The van der Waals surface area contributed by atoms with Crippen molar-refractivity contribution in [2.24, 2.45) is 0 Å². The van der Waals surface area contributed by atoms with Gasteiger partial charge in [-0.25, -0.2) is 0 Å². The van der Waals surface area contributed by atoms with Crippen LogP contribution in [0.2, 0.25) is 0 Å². The summed E-state index contributed by atoms with van der Waals surface area (Å²) in [5.74, 6) is -0.269. The van der Waals surface area contributed by atoms with E-state index in [0.29, 0.717) is 5.56 Å². The fourth-order valence-corrected chi connectivity index (χ4v) is 2.92. The van der Waals surface area contributed by atoms with Crippen molar-refractivity contribution in [3.05, 3.63) is 64.2 Å². The highest BCUT2D eigenvalue weighted by molar-refractivity contribution is 6.06. The molecule has 124 valence electrons. The number of hydrogen-bond donors (Lipinski definition) is 1. The molecular formula is C18H19N3O3. The fraction of sp³-hybridized carbons (Fsp3) is 0.278. The van der Waals surface area contributed by atoms with E-state index in [0.717, 1.165) is 37.3 Å². The number of anilines is 2. The lowest BCUT2D eigenvalue weighted by atomic mass is 10.1. The lowest BCUT2D eigenvalue weighted by molar-refractivity contribution is -0.384. The molecule has 1 amide bonds. The maximum absolute atomic E-state index is 12.4. The summed E-state index contributed by atoms with van der Waals surface area (Å²) in [5.41, 5.74) is 2.16. The summed E-state index contributed by atoms with van der Waals surface area (Å²) in [6.45, 7) is 1.98. The smallest absolute Gasteiger partial charge is 0.269 e. The second kappa shape index (κ2) is 7.12. The predicted octanol–water partition coefficient (Wildman–Crippen LogP) is 3.84. The van der Waals surface area contributed by atoms with Gasteiger partial charge in [-0.15, -0.1) is 0 Å². The Labute approximate surface area is 140 Å². The van der Waals surface area contributed by atoms with Crippen LogP contribution in [0.15, 0.2) is 48.5 Å². The Morgan fingerprint density at radius 1 is 1.00 bits per heavy atom. The zero-order chi connectivity index (χ0) is 16.9. The van der Waals surface area contributed by atoms with E-state index in [1.807, 2.05) is 24.3 Å². The van der Waals surface area contributed by atoms with Crippen molar-refractivity contribution in [2.75, 3.05) is 23.3 Å². The first-order valence-corrected chi connectivity index (χ1v) is 8.05. The Balaban J connectivity index is 1.77. The van der Waals surface area contributed by atoms with Gasteiger partial charge in [-0.2, -0.15) is 0 Å². The minimum Gasteiger partial charge on any atom is -0.370 e. The molecule has 6 nitrogen and oxygen atoms in total. The number of amides is 1. The molecule has 2 aromatic carbocycles. The Bertz CT molecular complexity index is 737. The van der Waals surface area contributed by atoms with Gasteiger partial charge in [0.25, 0.3) is 11.6 Å². The van der Waals surface area contributed by atoms with Gasteiger partial charge in [-0.05, 0) is 43.5 Å². The zero-order valence-electron chi connectivity index (χ0n) is 13.3. The van der Waals surface area contributed by atoms with E-state index >= 15 is 0 Å². The van der Waals surface area contributed by atoms with Gasteiger partial charge in [0, 0.05) is 30.8 Å². The Hall–Kier alpha value is -2.89. The second-order valence-electron chi connectivity index (χ2n) is 5.82. The maximum atomic E-state index is 12.4. The van der Waals surface area contributed by atoms with Gasteiger partial charge < -0.3 is 10.2 Å². The number of nitrogens with one attached hydrogen (secondary N) is 1. The standard InChI is InChI=1S/C18H19N3O3/c22-18(14-8-10-15(11-9-14)21(23)24)19-16-6-2-3-7-17(16)20-12-4-1-5-13-20/h2-3,6-11H,1,4-5,12-13H2,(H,19,22). The molecule has 2 aromatic rings. The third-order valence-corrected chi connectivity index (χ3v) is 4.19. The SMILES string of the molecule is O=C(Nc1ccccc1N1CCCCC1)c1ccc([N+](=O)[O-])cc1. The number of rotatable bonds is 4. The van der Waals surface area contributed by atoms with Crippen molar-refractivity contribution in [3.8, 4) is 0 Å². The lowest BCUT2D eigenvalue weighted by Gasteiger charge is -2.30. The molecule has 3 rings (SSSR count). The topological polar surface area (TPSA) is 75.5 Å². The minimum absolute atomic E-state index is 0.0275. The summed E-state index contributed by atoms with van der Waals surface area (Å²) in [4.78, 5) is 24.9. The van der Waals surface area contributed by atoms with Crippen LogP contribution in [0, 0.1) is 10.1 Å². The van der Waals surface area contributed by atoms with E-state index in [1.54, 1.807) is 0 Å². The number of benzene rings is 2. The summed E-state index contributed by atoms with van der Waals surface area (Å²) in [6, 6.07) is 13.4. The van der Waals surface area contributed by atoms with E-state index in [9.17, 15) is 14.9 Å². The predicted molar refractivity (Wildman–Crippen MR) is 93.6 cm³/mol. The van der Waals surface area contributed by atoms with Crippen LogP contribution in [0.25, 0.3) is 0 Å². The number of nitrogens with zero attached hydrogens (tertiary/aromatic N) is 2. The van der Waals surface area contributed by atoms with Gasteiger partial charge in [0.1, 0.15) is 0 Å². The third-order valence-electron chi connectivity index (χ3n) is 4.19. The van der Waals surface area contributed by atoms with Gasteiger partial charge in [0.2, 0.25) is 0 Å². The van der Waals surface area contributed by atoms with Gasteiger partial charge in [-0.3, -0.25) is 14.9 Å². The molecule has 0 atom stereocenters. The van der Waals surface area contributed by atoms with E-state index in [2.05, 4.69) is 10.2 Å². The van der Waals surface area contributed by atoms with Crippen molar-refractivity contribution < 1.29 is 9.72 Å². The Morgan fingerprint density at radius 3 is 2.33 bits per heavy atom. The summed E-state index contributed by atoms with van der Waals surface area (Å²) in [6.07, 6.45) is 3.56. The molecule has 24 heavy (non-hydrogen) atoms. The van der Waals surface area contributed by atoms with Crippen LogP contribution in [-0.2, 0) is 0 Å². The van der Waals surface area contributed by atoms with Crippen LogP contribution in [-0.4, -0.2) is 23.9 Å². The minimum atomic E-state index is -0.479. The van der Waals surface area contributed by atoms with Crippen molar-refractivity contribution in [1.82, 2.24) is 0 Å². The number of nitro benzene ring substituents is 1. The molecule has 0 aliphatic carbocycles. The van der Waals surface area contributed by atoms with Crippen LogP contribution in [0.5, 0.6) is 0 Å². The highest BCUT2D eigenvalue weighted by Gasteiger charge is 2.16. The first kappa shape index (κ1) is 16.0. The average molecular weight is 325 g/mol. The van der Waals surface area contributed by atoms with E-state index < -0.39 is 4.92 Å². The van der Waals surface area contributed by atoms with E-state index in [1.165, 1.54) is 30.7 Å². The summed E-state index contributed by atoms with van der Waals surface area (Å²) >= 11 is 0. The third kappa shape index (κ3) is 3.53. The first-order chi connectivity index (χ1) is 11.6. The van der Waals surface area contributed by atoms with Crippen LogP contribution in [0.4, 0.5) is 17.1 Å². The van der Waals surface area contributed by atoms with Gasteiger partial charge in [-0.1, -0.05) is 12.1 Å². The van der Waals surface area contributed by atoms with Crippen LogP contribution in [0.3, 0.4) is 0 Å². The normalized spacial score (nSPS) is 14.2. The van der Waals surface area contributed by atoms with Crippen molar-refractivity contribution in [1.29, 1.82) is 0 Å². The molecule has 1 fully saturated rings. The molecule has 1 saturated heterocycles. The summed E-state index contributed by atoms with van der Waals surface area (Å²) < 4.78 is 0. The number of hydrogen-bond acceptors (Lipinski definition) is 4. The highest BCUT2D eigenvalue weighted by Crippen LogP contribution is 2.28. The van der Waals surface area contributed by atoms with Crippen LogP contribution >= 0.6 is 0 Å². The van der Waals surface area contributed by atoms with Gasteiger partial charge in [0.05, 0.1) is 16.3 Å². The highest BCUT2D eigenvalue weighted by atomic mass is 16.6. The lowest BCUT2D eigenvalue weighted by Crippen LogP contribution is -2.30. The van der Waals surface area contributed by atoms with Gasteiger partial charge in [0.15, 0.2) is 0 Å². The summed E-state index contributed by atoms with van der Waals surface area (Å²) in [7, 11) is 0. The van der Waals surface area contributed by atoms with Crippen molar-refractivity contribution >= 4 is 23.0 Å². The number of para-hydroxylation sites is 2. The fourth-order valence-electron chi connectivity index (χ4n) is 2.92. The Kier molecular flexibility index (Phi) is 4.74. The molecule has 0 spiro atoms. The van der Waals surface area contributed by atoms with Gasteiger partial charge >= 0.3 is 0 Å². The maximum Gasteiger partial charge on any atom is 0.269 e. The van der Waals surface area contributed by atoms with Crippen molar-refractivity contribution in [3.63, 3.8) is 0 Å². The molecule has 0 bridgehead atoms. The first-order valence-electron chi connectivity index (χ1n) is 8.05. The largest absolute Gasteiger partial charge is 0.370 e. The molecule has 0 saturated carbocycles. The molecule has 1 N–H and O–H groups in total. The Morgan fingerprint density at radius 2 is 1.67 bits per heavy atom. The van der Waals surface area contributed by atoms with E-state index in [4.69, 9.17) is 0 Å². The molecule has 1 aliphatic heterocycles. The van der Waals surface area contributed by atoms with Crippen LogP contribution < -0.4 is 10.2 Å². The molecule has 1 heterocycles. The monoisotopic (exact) mass is 325 g/mol. The number of carbonyl (C=O) groups is 1. The number of carbonyl (C=O) groups excluding carboxylic acids is 1. The quantitative estimate of drug-likeness (QED) is 0.684. The molecule has 0 unspecified atom stereocenters. The molecule has 1 aliphatic rings. The number of nitro groups is 1. The molecule has 6 heteroatoms. The van der Waals surface area contributed by atoms with Crippen LogP contribution in [0.1, 0.15) is 29.6 Å². The average Bonchev–Trinajstić information content (AvgIpc) is 2.63. The second-order valence-corrected chi connectivity index (χ2v) is 5.82. The zero-order valence-corrected chi connectivity index (χ0v) is 13.3.